The first-order valence-electron chi connectivity index (χ1n) is 6.43. The Balaban J connectivity index is 2.69. The van der Waals surface area contributed by atoms with Crippen molar-refractivity contribution in [3.8, 4) is 0 Å². The number of piperidine rings is 1. The lowest BCUT2D eigenvalue weighted by atomic mass is 10.00. The fraction of sp³-hybridized carbons (Fsp3) is 0.833. The van der Waals surface area contributed by atoms with E-state index in [1.165, 1.54) is 0 Å². The smallest absolute Gasteiger partial charge is 0.233 e. The molecular weight excluding hydrogens is 232 g/mol. The van der Waals surface area contributed by atoms with Gasteiger partial charge >= 0.3 is 0 Å². The molecule has 1 fully saturated rings. The van der Waals surface area contributed by atoms with Crippen molar-refractivity contribution in [3.05, 3.63) is 0 Å². The molecule has 6 nitrogen and oxygen atoms in total. The van der Waals surface area contributed by atoms with Gasteiger partial charge in [-0.25, -0.2) is 0 Å². The van der Waals surface area contributed by atoms with Crippen LogP contribution >= 0.6 is 0 Å². The molecule has 1 aliphatic heterocycles. The molecule has 0 aromatic heterocycles. The third-order valence-electron chi connectivity index (χ3n) is 3.67. The van der Waals surface area contributed by atoms with Crippen LogP contribution in [-0.4, -0.2) is 60.0 Å². The summed E-state index contributed by atoms with van der Waals surface area (Å²) < 4.78 is 0. The molecule has 1 amide bonds. The number of rotatable bonds is 4. The monoisotopic (exact) mass is 256 g/mol. The van der Waals surface area contributed by atoms with E-state index in [0.717, 1.165) is 25.9 Å². The molecule has 0 bridgehead atoms. The first-order valence-corrected chi connectivity index (χ1v) is 6.43. The largest absolute Gasteiger partial charge is 0.409 e. The SMILES string of the molecule is CCC(C(=O)N(C)C1CCCN(C)C1)C(N)=NO. The molecule has 18 heavy (non-hydrogen) atoms. The van der Waals surface area contributed by atoms with Crippen LogP contribution in [0.15, 0.2) is 5.16 Å². The van der Waals surface area contributed by atoms with E-state index >= 15 is 0 Å². The Morgan fingerprint density at radius 1 is 1.67 bits per heavy atom. The van der Waals surface area contributed by atoms with Gasteiger partial charge in [-0.3, -0.25) is 4.79 Å². The zero-order valence-electron chi connectivity index (χ0n) is 11.5. The summed E-state index contributed by atoms with van der Waals surface area (Å²) in [7, 11) is 3.87. The number of hydrogen-bond acceptors (Lipinski definition) is 4. The minimum absolute atomic E-state index is 0.00138. The number of hydrogen-bond donors (Lipinski definition) is 2. The zero-order chi connectivity index (χ0) is 13.7. The maximum atomic E-state index is 12.3. The van der Waals surface area contributed by atoms with Gasteiger partial charge in [0.25, 0.3) is 0 Å². The highest BCUT2D eigenvalue weighted by molar-refractivity contribution is 6.02. The molecule has 1 aliphatic rings. The maximum absolute atomic E-state index is 12.3. The van der Waals surface area contributed by atoms with Crippen molar-refractivity contribution >= 4 is 11.7 Å². The quantitative estimate of drug-likeness (QED) is 0.328. The first-order chi connectivity index (χ1) is 8.51. The summed E-state index contributed by atoms with van der Waals surface area (Å²) in [4.78, 5) is 16.3. The van der Waals surface area contributed by atoms with Crippen molar-refractivity contribution in [3.63, 3.8) is 0 Å². The minimum Gasteiger partial charge on any atom is -0.409 e. The topological polar surface area (TPSA) is 82.2 Å². The average molecular weight is 256 g/mol. The van der Waals surface area contributed by atoms with Gasteiger partial charge in [0.15, 0.2) is 5.84 Å². The second-order valence-electron chi connectivity index (χ2n) is 4.99. The van der Waals surface area contributed by atoms with Crippen LogP contribution in [0.5, 0.6) is 0 Å². The normalized spacial score (nSPS) is 23.7. The molecule has 104 valence electrons. The van der Waals surface area contributed by atoms with Gasteiger partial charge in [0.05, 0.1) is 5.92 Å². The van der Waals surface area contributed by atoms with Gasteiger partial charge in [-0.05, 0) is 32.9 Å². The molecule has 0 spiro atoms. The van der Waals surface area contributed by atoms with E-state index in [-0.39, 0.29) is 17.8 Å². The molecule has 1 heterocycles. The molecule has 0 aromatic rings. The third kappa shape index (κ3) is 3.35. The second kappa shape index (κ2) is 6.58. The fourth-order valence-corrected chi connectivity index (χ4v) is 2.46. The van der Waals surface area contributed by atoms with Crippen LogP contribution in [0.3, 0.4) is 0 Å². The predicted molar refractivity (Wildman–Crippen MR) is 70.5 cm³/mol. The van der Waals surface area contributed by atoms with E-state index < -0.39 is 5.92 Å². The van der Waals surface area contributed by atoms with Crippen LogP contribution in [0.1, 0.15) is 26.2 Å². The number of nitrogens with two attached hydrogens (primary N) is 1. The summed E-state index contributed by atoms with van der Waals surface area (Å²) in [5.74, 6) is -0.584. The van der Waals surface area contributed by atoms with Crippen LogP contribution < -0.4 is 5.73 Å². The Bertz CT molecular complexity index is 319. The number of carbonyl (C=O) groups is 1. The Labute approximate surface area is 108 Å². The van der Waals surface area contributed by atoms with Crippen LogP contribution in [0.4, 0.5) is 0 Å². The molecule has 0 aromatic carbocycles. The Morgan fingerprint density at radius 3 is 2.83 bits per heavy atom. The standard InChI is InChI=1S/C12H24N4O2/c1-4-10(11(13)14-18)12(17)16(3)9-6-5-7-15(2)8-9/h9-10,18H,4-8H2,1-3H3,(H2,13,14). The minimum atomic E-state index is -0.521. The number of amides is 1. The molecule has 0 radical (unpaired) electrons. The van der Waals surface area contributed by atoms with Crippen LogP contribution in [-0.2, 0) is 4.79 Å². The lowest BCUT2D eigenvalue weighted by Crippen LogP contribution is -2.50. The van der Waals surface area contributed by atoms with Crippen molar-refractivity contribution in [1.82, 2.24) is 9.80 Å². The molecule has 3 N–H and O–H groups in total. The number of likely N-dealkylation sites (N-methyl/N-ethyl adjacent to an activating group) is 2. The van der Waals surface area contributed by atoms with E-state index in [0.29, 0.717) is 6.42 Å². The molecular formula is C12H24N4O2. The number of oxime groups is 1. The summed E-state index contributed by atoms with van der Waals surface area (Å²) in [5.41, 5.74) is 5.57. The van der Waals surface area contributed by atoms with Gasteiger partial charge < -0.3 is 20.7 Å². The number of carbonyl (C=O) groups excluding carboxylic acids is 1. The summed E-state index contributed by atoms with van der Waals surface area (Å²) in [5, 5.41) is 11.7. The van der Waals surface area contributed by atoms with E-state index in [2.05, 4.69) is 17.1 Å². The van der Waals surface area contributed by atoms with Gasteiger partial charge in [-0.2, -0.15) is 0 Å². The predicted octanol–water partition coefficient (Wildman–Crippen LogP) is 0.312. The summed E-state index contributed by atoms with van der Waals surface area (Å²) in [6.07, 6.45) is 2.65. The van der Waals surface area contributed by atoms with Gasteiger partial charge in [0.2, 0.25) is 5.91 Å². The average Bonchev–Trinajstić information content (AvgIpc) is 2.38. The summed E-state index contributed by atoms with van der Waals surface area (Å²) in [6, 6.07) is 0.219. The van der Waals surface area contributed by atoms with E-state index in [4.69, 9.17) is 10.9 Å². The second-order valence-corrected chi connectivity index (χ2v) is 4.99. The van der Waals surface area contributed by atoms with Crippen molar-refractivity contribution in [1.29, 1.82) is 0 Å². The van der Waals surface area contributed by atoms with E-state index in [1.54, 1.807) is 11.9 Å². The molecule has 2 atom stereocenters. The highest BCUT2D eigenvalue weighted by Crippen LogP contribution is 2.17. The fourth-order valence-electron chi connectivity index (χ4n) is 2.46. The van der Waals surface area contributed by atoms with Gasteiger partial charge in [-0.1, -0.05) is 12.1 Å². The van der Waals surface area contributed by atoms with E-state index in [9.17, 15) is 4.79 Å². The van der Waals surface area contributed by atoms with E-state index in [1.807, 2.05) is 6.92 Å². The van der Waals surface area contributed by atoms with Crippen LogP contribution in [0, 0.1) is 5.92 Å². The lowest BCUT2D eigenvalue weighted by Gasteiger charge is -2.37. The molecule has 1 saturated heterocycles. The maximum Gasteiger partial charge on any atom is 0.233 e. The van der Waals surface area contributed by atoms with Crippen molar-refractivity contribution < 1.29 is 10.0 Å². The number of nitrogens with zero attached hydrogens (tertiary/aromatic N) is 3. The Kier molecular flexibility index (Phi) is 5.40. The summed E-state index contributed by atoms with van der Waals surface area (Å²) >= 11 is 0. The highest BCUT2D eigenvalue weighted by Gasteiger charge is 2.30. The van der Waals surface area contributed by atoms with Crippen LogP contribution in [0.25, 0.3) is 0 Å². The third-order valence-corrected chi connectivity index (χ3v) is 3.67. The highest BCUT2D eigenvalue weighted by atomic mass is 16.4. The molecule has 0 aliphatic carbocycles. The van der Waals surface area contributed by atoms with Gasteiger partial charge in [0.1, 0.15) is 0 Å². The lowest BCUT2D eigenvalue weighted by molar-refractivity contribution is -0.135. The molecule has 2 unspecified atom stereocenters. The summed E-state index contributed by atoms with van der Waals surface area (Å²) in [6.45, 7) is 3.83. The Morgan fingerprint density at radius 2 is 2.33 bits per heavy atom. The van der Waals surface area contributed by atoms with Crippen LogP contribution in [0.2, 0.25) is 0 Å². The van der Waals surface area contributed by atoms with Gasteiger partial charge in [-0.15, -0.1) is 0 Å². The molecule has 0 saturated carbocycles. The first kappa shape index (κ1) is 14.8. The van der Waals surface area contributed by atoms with Crippen molar-refractivity contribution in [2.24, 2.45) is 16.8 Å². The Hall–Kier alpha value is -1.30. The number of amidine groups is 1. The van der Waals surface area contributed by atoms with Gasteiger partial charge in [0, 0.05) is 19.6 Å². The zero-order valence-corrected chi connectivity index (χ0v) is 11.5. The number of likely N-dealkylation sites (tertiary alicyclic amines) is 1. The molecule has 1 rings (SSSR count). The molecule has 6 heteroatoms. The van der Waals surface area contributed by atoms with Crippen molar-refractivity contribution in [2.45, 2.75) is 32.2 Å². The van der Waals surface area contributed by atoms with Crippen molar-refractivity contribution in [2.75, 3.05) is 27.2 Å².